The number of sulfonamides is 1. The second-order valence-corrected chi connectivity index (χ2v) is 28.6. The molecule has 5 aromatic rings. The van der Waals surface area contributed by atoms with E-state index in [1.165, 1.54) is 47.7 Å². The van der Waals surface area contributed by atoms with Crippen LogP contribution >= 0.6 is 23.4 Å². The molecule has 4 amide bonds. The first kappa shape index (κ1) is 62.3. The number of fused-ring (bicyclic) bond motifs is 1. The molecule has 3 N–H and O–H groups in total. The fraction of sp³-hybridized carbons (Fsp3) is 0.429. The number of benzene rings is 5. The van der Waals surface area contributed by atoms with Crippen LogP contribution in [0.25, 0.3) is 5.57 Å². The fourth-order valence-corrected chi connectivity index (χ4v) is 15.7. The Labute approximate surface area is 515 Å². The number of piperazine rings is 2. The number of alkyl halides is 3. The number of imide groups is 2. The largest absolute Gasteiger partial charge is 0.501 e. The number of nitrogens with one attached hydrogen (secondary N) is 3. The molecule has 24 heteroatoms. The molecule has 87 heavy (non-hydrogen) atoms. The minimum absolute atomic E-state index is 0.0405. The van der Waals surface area contributed by atoms with Crippen LogP contribution in [-0.4, -0.2) is 168 Å². The van der Waals surface area contributed by atoms with Gasteiger partial charge in [0.15, 0.2) is 0 Å². The molecule has 0 aromatic heterocycles. The second-order valence-electron chi connectivity index (χ2n) is 23.4. The maximum absolute atomic E-state index is 14.5. The van der Waals surface area contributed by atoms with E-state index in [1.807, 2.05) is 54.6 Å². The lowest BCUT2D eigenvalue weighted by atomic mass is 9.95. The topological polar surface area (TPSA) is 192 Å². The Balaban J connectivity index is 0.681. The summed E-state index contributed by atoms with van der Waals surface area (Å²) in [6, 6.07) is 31.5. The van der Waals surface area contributed by atoms with Crippen molar-refractivity contribution in [2.75, 3.05) is 106 Å². The predicted molar refractivity (Wildman–Crippen MR) is 331 cm³/mol. The van der Waals surface area contributed by atoms with Gasteiger partial charge in [-0.1, -0.05) is 66.1 Å². The van der Waals surface area contributed by atoms with E-state index >= 15 is 0 Å². The molecule has 0 bridgehead atoms. The summed E-state index contributed by atoms with van der Waals surface area (Å²) in [7, 11) is -10.6. The van der Waals surface area contributed by atoms with Crippen molar-refractivity contribution in [3.63, 3.8) is 0 Å². The quantitative estimate of drug-likeness (QED) is 0.0466. The number of allylic oxidation sites excluding steroid dienone is 1. The molecule has 0 radical (unpaired) electrons. The van der Waals surface area contributed by atoms with Crippen molar-refractivity contribution in [2.24, 2.45) is 5.92 Å². The molecule has 4 fully saturated rings. The van der Waals surface area contributed by atoms with Crippen molar-refractivity contribution >= 4 is 89.5 Å². The minimum Gasteiger partial charge on any atom is -0.380 e. The van der Waals surface area contributed by atoms with Crippen LogP contribution in [0, 0.1) is 5.92 Å². The summed E-state index contributed by atoms with van der Waals surface area (Å²) in [5, 5.41) is 6.06. The summed E-state index contributed by atoms with van der Waals surface area (Å²) in [5.74, 6) is -1.49. The summed E-state index contributed by atoms with van der Waals surface area (Å²) < 4.78 is 100. The van der Waals surface area contributed by atoms with Gasteiger partial charge < -0.3 is 24.9 Å². The molecule has 1 unspecified atom stereocenters. The van der Waals surface area contributed by atoms with Gasteiger partial charge in [0.05, 0.1) is 21.7 Å². The Morgan fingerprint density at radius 2 is 1.37 bits per heavy atom. The second kappa shape index (κ2) is 26.8. The highest BCUT2D eigenvalue weighted by Crippen LogP contribution is 2.39. The van der Waals surface area contributed by atoms with E-state index in [0.717, 1.165) is 130 Å². The number of rotatable bonds is 21. The molecule has 4 saturated heterocycles. The maximum atomic E-state index is 14.5. The number of hydrogen-bond donors (Lipinski definition) is 3. The van der Waals surface area contributed by atoms with Gasteiger partial charge in [-0.05, 0) is 128 Å². The number of carbonyl (C=O) groups is 4. The molecule has 11 rings (SSSR count). The van der Waals surface area contributed by atoms with Crippen LogP contribution in [0.1, 0.15) is 83.2 Å². The Morgan fingerprint density at radius 1 is 0.690 bits per heavy atom. The van der Waals surface area contributed by atoms with Crippen molar-refractivity contribution in [3.05, 3.63) is 148 Å². The molecule has 1 aliphatic carbocycles. The van der Waals surface area contributed by atoms with E-state index in [9.17, 15) is 49.2 Å². The third-order valence-electron chi connectivity index (χ3n) is 17.5. The number of nitrogens with zero attached hydrogens (tertiary/aromatic N) is 6. The Hall–Kier alpha value is -6.31. The summed E-state index contributed by atoms with van der Waals surface area (Å²) in [4.78, 5) is 62.6. The van der Waals surface area contributed by atoms with E-state index < -0.39 is 70.9 Å². The van der Waals surface area contributed by atoms with Gasteiger partial charge in [-0.15, -0.1) is 11.8 Å². The van der Waals surface area contributed by atoms with Gasteiger partial charge in [0.2, 0.25) is 21.8 Å². The van der Waals surface area contributed by atoms with E-state index in [0.29, 0.717) is 36.3 Å². The SMILES string of the molecule is O=C1CCC(N2C(=O)c3ccc(N4CC(CN5CCN(CC[C@H](CSc6ccccc6)Nc6ccc(S(=O)(=O)NCc7ccc(N8CCN(CC9=C(c%10ccc(Cl)cc%10)CCCCC9)CC8)cc7)cc6S(=O)(=O)C(F)(F)F)CC5)C4)cc3C2=O)C(=O)N1. The first-order valence-electron chi connectivity index (χ1n) is 29.7. The van der Waals surface area contributed by atoms with Gasteiger partial charge in [-0.2, -0.15) is 13.2 Å². The van der Waals surface area contributed by atoms with Crippen LogP contribution in [0.3, 0.4) is 0 Å². The third kappa shape index (κ3) is 14.6. The van der Waals surface area contributed by atoms with Crippen molar-refractivity contribution in [1.29, 1.82) is 0 Å². The molecular weight excluding hydrogens is 1200 g/mol. The van der Waals surface area contributed by atoms with Crippen LogP contribution in [0.15, 0.2) is 136 Å². The Morgan fingerprint density at radius 3 is 2.08 bits per heavy atom. The lowest BCUT2D eigenvalue weighted by molar-refractivity contribution is -0.136. The summed E-state index contributed by atoms with van der Waals surface area (Å²) in [5.41, 5.74) is 0.973. The van der Waals surface area contributed by atoms with Crippen LogP contribution < -0.4 is 25.2 Å². The van der Waals surface area contributed by atoms with Gasteiger partial charge in [-0.3, -0.25) is 34.3 Å². The molecular formula is C63H71ClF3N9O8S3. The van der Waals surface area contributed by atoms with E-state index in [2.05, 4.69) is 52.0 Å². The van der Waals surface area contributed by atoms with Gasteiger partial charge in [0.25, 0.3) is 21.7 Å². The highest BCUT2D eigenvalue weighted by molar-refractivity contribution is 7.99. The highest BCUT2D eigenvalue weighted by atomic mass is 35.5. The number of amides is 4. The number of carbonyl (C=O) groups excluding carboxylic acids is 4. The maximum Gasteiger partial charge on any atom is 0.501 e. The zero-order valence-electron chi connectivity index (χ0n) is 48.2. The van der Waals surface area contributed by atoms with Crippen LogP contribution in [0.5, 0.6) is 0 Å². The lowest BCUT2D eigenvalue weighted by Crippen LogP contribution is -2.55. The molecule has 0 spiro atoms. The van der Waals surface area contributed by atoms with E-state index in [-0.39, 0.29) is 36.2 Å². The average molecular weight is 1270 g/mol. The zero-order valence-corrected chi connectivity index (χ0v) is 51.4. The molecule has 0 saturated carbocycles. The molecule has 6 aliphatic rings. The van der Waals surface area contributed by atoms with Gasteiger partial charge in [0, 0.05) is 137 Å². The molecule has 5 aromatic carbocycles. The lowest BCUT2D eigenvalue weighted by Gasteiger charge is -2.45. The third-order valence-corrected chi connectivity index (χ3v) is 21.9. The van der Waals surface area contributed by atoms with Crippen LogP contribution in [0.4, 0.5) is 30.2 Å². The van der Waals surface area contributed by atoms with Gasteiger partial charge in [0.1, 0.15) is 10.9 Å². The molecule has 2 atom stereocenters. The summed E-state index contributed by atoms with van der Waals surface area (Å²) >= 11 is 7.68. The van der Waals surface area contributed by atoms with Crippen molar-refractivity contribution in [2.45, 2.75) is 90.2 Å². The number of thioether (sulfide) groups is 1. The van der Waals surface area contributed by atoms with Crippen LogP contribution in [0.2, 0.25) is 5.02 Å². The Bertz CT molecular complexity index is 3620. The molecule has 17 nitrogen and oxygen atoms in total. The zero-order chi connectivity index (χ0) is 61.0. The number of piperidine rings is 1. The number of hydrogen-bond acceptors (Lipinski definition) is 15. The van der Waals surface area contributed by atoms with Crippen molar-refractivity contribution in [3.8, 4) is 0 Å². The predicted octanol–water partition coefficient (Wildman–Crippen LogP) is 8.77. The first-order chi connectivity index (χ1) is 41.8. The van der Waals surface area contributed by atoms with Crippen LogP contribution in [-0.2, 0) is 36.0 Å². The number of halogens is 4. The Kier molecular flexibility index (Phi) is 19.2. The summed E-state index contributed by atoms with van der Waals surface area (Å²) in [6.45, 7) is 9.99. The van der Waals surface area contributed by atoms with Crippen molar-refractivity contribution in [1.82, 2.24) is 29.6 Å². The first-order valence-corrected chi connectivity index (χ1v) is 34.1. The molecule has 5 heterocycles. The average Bonchev–Trinajstić information content (AvgIpc) is 2.04. The fourth-order valence-electron chi connectivity index (χ4n) is 12.6. The van der Waals surface area contributed by atoms with E-state index in [1.54, 1.807) is 30.3 Å². The van der Waals surface area contributed by atoms with Gasteiger partial charge >= 0.3 is 5.51 Å². The normalized spacial score (nSPS) is 20.1. The minimum atomic E-state index is -6.04. The number of anilines is 3. The highest BCUT2D eigenvalue weighted by Gasteiger charge is 2.49. The molecule has 462 valence electrons. The standard InChI is InChI=1S/C63H71ClF3N9O8S3/c64-47-15-13-45(14-16-47)53-10-6-1-3-7-46(53)41-73-31-33-74(34-32-73)49-17-11-43(12-18-49)37-68-87(83,84)52-20-22-56(58(36-52)86(81,82)63(65,66)67)69-48(42-85-51-8-4-2-5-9-51)25-26-71-27-29-72(30-28-71)38-44-39-75(40-44)50-19-21-54-55(35-50)62(80)76(61(54)79)57-23-24-59(77)70-60(57)78/h2,4-5,8-9,11-22,35-36,44,48,57,68-69H,1,3,6-7,10,23-34,37-42H2,(H,70,77,78)/t48-,57?/m1/s1. The van der Waals surface area contributed by atoms with Gasteiger partial charge in [-0.25, -0.2) is 21.6 Å². The smallest absolute Gasteiger partial charge is 0.380 e. The summed E-state index contributed by atoms with van der Waals surface area (Å²) in [6.07, 6.45) is 6.28. The number of sulfone groups is 1. The molecule has 5 aliphatic heterocycles. The van der Waals surface area contributed by atoms with Crippen molar-refractivity contribution < 1.29 is 49.2 Å². The monoisotopic (exact) mass is 1270 g/mol. The van der Waals surface area contributed by atoms with E-state index in [4.69, 9.17) is 11.6 Å².